The second kappa shape index (κ2) is 7.54. The van der Waals surface area contributed by atoms with Crippen LogP contribution in [0, 0.1) is 0 Å². The van der Waals surface area contributed by atoms with E-state index < -0.39 is 12.1 Å². The molecule has 1 aromatic carbocycles. The summed E-state index contributed by atoms with van der Waals surface area (Å²) in [7, 11) is 0. The molecule has 2 N–H and O–H groups in total. The van der Waals surface area contributed by atoms with Gasteiger partial charge in [0.1, 0.15) is 0 Å². The number of hydrogen-bond donors (Lipinski definition) is 2. The number of rotatable bonds is 3. The van der Waals surface area contributed by atoms with Gasteiger partial charge in [0.25, 0.3) is 5.91 Å². The number of alkyl halides is 3. The lowest BCUT2D eigenvalue weighted by atomic mass is 10.0. The minimum atomic E-state index is -4.87. The van der Waals surface area contributed by atoms with Crippen molar-refractivity contribution in [1.29, 1.82) is 0 Å². The number of halogens is 3. The summed E-state index contributed by atoms with van der Waals surface area (Å²) in [6.07, 6.45) is -4.38. The zero-order valence-corrected chi connectivity index (χ0v) is 13.5. The number of carbonyl (C=O) groups excluding carboxylic acids is 3. The van der Waals surface area contributed by atoms with Crippen molar-refractivity contribution in [3.8, 4) is 0 Å². The minimum absolute atomic E-state index is 0.0603. The largest absolute Gasteiger partial charge is 0.471 e. The smallest absolute Gasteiger partial charge is 0.349 e. The van der Waals surface area contributed by atoms with Gasteiger partial charge in [0.05, 0.1) is 0 Å². The zero-order chi connectivity index (χ0) is 18.6. The summed E-state index contributed by atoms with van der Waals surface area (Å²) in [6.45, 7) is 1.23. The lowest BCUT2D eigenvalue weighted by Crippen LogP contribution is -2.50. The van der Waals surface area contributed by atoms with E-state index in [1.165, 1.54) is 13.0 Å². The SMILES string of the molecule is CC(=O)Nc1cccc(C(=O)NC2CCN(C(=O)C(F)(F)F)CC2)c1. The van der Waals surface area contributed by atoms with Crippen molar-refractivity contribution in [1.82, 2.24) is 10.2 Å². The van der Waals surface area contributed by atoms with Crippen LogP contribution in [-0.4, -0.2) is 47.9 Å². The first-order valence-corrected chi connectivity index (χ1v) is 7.71. The molecule has 136 valence electrons. The van der Waals surface area contributed by atoms with Crippen molar-refractivity contribution in [2.24, 2.45) is 0 Å². The van der Waals surface area contributed by atoms with E-state index in [-0.39, 0.29) is 43.8 Å². The molecule has 25 heavy (non-hydrogen) atoms. The Balaban J connectivity index is 1.90. The standard InChI is InChI=1S/C16H18F3N3O3/c1-10(23)20-13-4-2-3-11(9-13)14(24)21-12-5-7-22(8-6-12)15(25)16(17,18)19/h2-4,9,12H,5-8H2,1H3,(H,20,23)(H,21,24). The number of benzene rings is 1. The highest BCUT2D eigenvalue weighted by Crippen LogP contribution is 2.21. The van der Waals surface area contributed by atoms with Gasteiger partial charge in [-0.3, -0.25) is 14.4 Å². The molecule has 1 aromatic rings. The van der Waals surface area contributed by atoms with Gasteiger partial charge in [0.2, 0.25) is 5.91 Å². The maximum atomic E-state index is 12.4. The highest BCUT2D eigenvalue weighted by atomic mass is 19.4. The monoisotopic (exact) mass is 357 g/mol. The van der Waals surface area contributed by atoms with Crippen LogP contribution in [0.3, 0.4) is 0 Å². The van der Waals surface area contributed by atoms with Crippen molar-refractivity contribution in [3.63, 3.8) is 0 Å². The summed E-state index contributed by atoms with van der Waals surface area (Å²) < 4.78 is 37.2. The van der Waals surface area contributed by atoms with Gasteiger partial charge < -0.3 is 15.5 Å². The number of amides is 3. The molecule has 6 nitrogen and oxygen atoms in total. The van der Waals surface area contributed by atoms with Crippen molar-refractivity contribution < 1.29 is 27.6 Å². The Bertz CT molecular complexity index is 668. The van der Waals surface area contributed by atoms with Crippen LogP contribution in [0.25, 0.3) is 0 Å². The summed E-state index contributed by atoms with van der Waals surface area (Å²) >= 11 is 0. The van der Waals surface area contributed by atoms with Gasteiger partial charge in [-0.05, 0) is 31.0 Å². The fourth-order valence-corrected chi connectivity index (χ4v) is 2.62. The van der Waals surface area contributed by atoms with E-state index in [1.807, 2.05) is 0 Å². The highest BCUT2D eigenvalue weighted by molar-refractivity contribution is 5.97. The van der Waals surface area contributed by atoms with Gasteiger partial charge in [-0.25, -0.2) is 0 Å². The van der Waals surface area contributed by atoms with Gasteiger partial charge >= 0.3 is 12.1 Å². The Morgan fingerprint density at radius 2 is 1.80 bits per heavy atom. The van der Waals surface area contributed by atoms with E-state index in [1.54, 1.807) is 18.2 Å². The average molecular weight is 357 g/mol. The molecule has 1 heterocycles. The molecule has 0 atom stereocenters. The van der Waals surface area contributed by atoms with Crippen LogP contribution >= 0.6 is 0 Å². The molecule has 3 amide bonds. The number of nitrogens with one attached hydrogen (secondary N) is 2. The van der Waals surface area contributed by atoms with Crippen LogP contribution < -0.4 is 10.6 Å². The molecule has 0 spiro atoms. The summed E-state index contributed by atoms with van der Waals surface area (Å²) in [4.78, 5) is 35.2. The molecule has 0 bridgehead atoms. The van der Waals surface area contributed by atoms with Crippen LogP contribution in [0.4, 0.5) is 18.9 Å². The van der Waals surface area contributed by atoms with Crippen LogP contribution in [0.5, 0.6) is 0 Å². The molecule has 1 aliphatic heterocycles. The predicted octanol–water partition coefficient (Wildman–Crippen LogP) is 1.93. The molecule has 0 aromatic heterocycles. The third kappa shape index (κ3) is 5.20. The molecular formula is C16H18F3N3O3. The molecule has 0 saturated carbocycles. The van der Waals surface area contributed by atoms with Crippen LogP contribution in [0.2, 0.25) is 0 Å². The molecule has 0 aliphatic carbocycles. The summed E-state index contributed by atoms with van der Waals surface area (Å²) in [6, 6.07) is 6.03. The second-order valence-corrected chi connectivity index (χ2v) is 5.80. The Hall–Kier alpha value is -2.58. The van der Waals surface area contributed by atoms with Gasteiger partial charge in [-0.1, -0.05) is 6.07 Å². The lowest BCUT2D eigenvalue weighted by Gasteiger charge is -2.32. The maximum Gasteiger partial charge on any atom is 0.471 e. The Morgan fingerprint density at radius 3 is 2.36 bits per heavy atom. The number of hydrogen-bond acceptors (Lipinski definition) is 3. The highest BCUT2D eigenvalue weighted by Gasteiger charge is 2.43. The number of anilines is 1. The maximum absolute atomic E-state index is 12.4. The fraction of sp³-hybridized carbons (Fsp3) is 0.438. The van der Waals surface area contributed by atoms with E-state index in [0.717, 1.165) is 4.90 Å². The number of carbonyl (C=O) groups is 3. The van der Waals surface area contributed by atoms with E-state index in [0.29, 0.717) is 11.3 Å². The van der Waals surface area contributed by atoms with E-state index in [4.69, 9.17) is 0 Å². The molecule has 0 radical (unpaired) electrons. The molecular weight excluding hydrogens is 339 g/mol. The third-order valence-corrected chi connectivity index (χ3v) is 3.81. The summed E-state index contributed by atoms with van der Waals surface area (Å²) in [5.74, 6) is -2.49. The van der Waals surface area contributed by atoms with Gasteiger partial charge in [0, 0.05) is 37.3 Å². The molecule has 9 heteroatoms. The first-order chi connectivity index (χ1) is 11.7. The van der Waals surface area contributed by atoms with Crippen molar-refractivity contribution >= 4 is 23.4 Å². The summed E-state index contributed by atoms with van der Waals surface area (Å²) in [5, 5.41) is 5.31. The minimum Gasteiger partial charge on any atom is -0.349 e. The van der Waals surface area contributed by atoms with Gasteiger partial charge in [0.15, 0.2) is 0 Å². The van der Waals surface area contributed by atoms with Crippen LogP contribution in [0.15, 0.2) is 24.3 Å². The van der Waals surface area contributed by atoms with E-state index in [9.17, 15) is 27.6 Å². The third-order valence-electron chi connectivity index (χ3n) is 3.81. The summed E-state index contributed by atoms with van der Waals surface area (Å²) in [5.41, 5.74) is 0.811. The Labute approximate surface area is 142 Å². The van der Waals surface area contributed by atoms with Crippen molar-refractivity contribution in [2.75, 3.05) is 18.4 Å². The lowest BCUT2D eigenvalue weighted by molar-refractivity contribution is -0.186. The Morgan fingerprint density at radius 1 is 1.16 bits per heavy atom. The first-order valence-electron chi connectivity index (χ1n) is 7.71. The second-order valence-electron chi connectivity index (χ2n) is 5.80. The fourth-order valence-electron chi connectivity index (χ4n) is 2.62. The number of piperidine rings is 1. The molecule has 2 rings (SSSR count). The van der Waals surface area contributed by atoms with Crippen molar-refractivity contribution in [3.05, 3.63) is 29.8 Å². The molecule has 1 fully saturated rings. The number of nitrogens with zero attached hydrogens (tertiary/aromatic N) is 1. The number of likely N-dealkylation sites (tertiary alicyclic amines) is 1. The van der Waals surface area contributed by atoms with Gasteiger partial charge in [-0.15, -0.1) is 0 Å². The van der Waals surface area contributed by atoms with Gasteiger partial charge in [-0.2, -0.15) is 13.2 Å². The molecule has 1 saturated heterocycles. The Kier molecular flexibility index (Phi) is 5.66. The van der Waals surface area contributed by atoms with E-state index >= 15 is 0 Å². The predicted molar refractivity (Wildman–Crippen MR) is 83.9 cm³/mol. The van der Waals surface area contributed by atoms with E-state index in [2.05, 4.69) is 10.6 Å². The quantitative estimate of drug-likeness (QED) is 0.868. The van der Waals surface area contributed by atoms with Crippen molar-refractivity contribution in [2.45, 2.75) is 32.0 Å². The molecule has 1 aliphatic rings. The first kappa shape index (κ1) is 18.8. The van der Waals surface area contributed by atoms with Crippen LogP contribution in [0.1, 0.15) is 30.1 Å². The zero-order valence-electron chi connectivity index (χ0n) is 13.5. The normalized spacial score (nSPS) is 15.6. The average Bonchev–Trinajstić information content (AvgIpc) is 2.53. The topological polar surface area (TPSA) is 78.5 Å². The molecule has 0 unspecified atom stereocenters. The van der Waals surface area contributed by atoms with Crippen LogP contribution in [-0.2, 0) is 9.59 Å².